The standard InChI is InChI=1S/C19H29N3O3/c1-24-17-8-5-7-16(18(17)25-12-6-9-20)19(23)22-13-15(14-22)21-10-3-2-4-11-21/h5,7-8,15H,2-4,6,9-14,20H2,1H3. The van der Waals surface area contributed by atoms with Crippen LogP contribution in [0.25, 0.3) is 0 Å². The summed E-state index contributed by atoms with van der Waals surface area (Å²) >= 11 is 0. The minimum absolute atomic E-state index is 0.0231. The van der Waals surface area contributed by atoms with E-state index in [0.717, 1.165) is 19.5 Å². The Hall–Kier alpha value is -1.79. The first kappa shape index (κ1) is 18.0. The van der Waals surface area contributed by atoms with Gasteiger partial charge in [-0.3, -0.25) is 9.69 Å². The molecule has 0 bridgehead atoms. The number of carbonyl (C=O) groups is 1. The van der Waals surface area contributed by atoms with E-state index in [2.05, 4.69) is 4.90 Å². The van der Waals surface area contributed by atoms with E-state index in [1.807, 2.05) is 23.1 Å². The van der Waals surface area contributed by atoms with Crippen LogP contribution in [0.3, 0.4) is 0 Å². The lowest BCUT2D eigenvalue weighted by Crippen LogP contribution is -2.61. The third-order valence-electron chi connectivity index (χ3n) is 5.08. The third-order valence-corrected chi connectivity index (χ3v) is 5.08. The van der Waals surface area contributed by atoms with Crippen molar-refractivity contribution in [1.29, 1.82) is 0 Å². The maximum absolute atomic E-state index is 12.9. The van der Waals surface area contributed by atoms with Crippen LogP contribution in [0.15, 0.2) is 18.2 Å². The van der Waals surface area contributed by atoms with E-state index in [9.17, 15) is 4.79 Å². The van der Waals surface area contributed by atoms with Crippen LogP contribution >= 0.6 is 0 Å². The van der Waals surface area contributed by atoms with Gasteiger partial charge < -0.3 is 20.1 Å². The minimum Gasteiger partial charge on any atom is -0.493 e. The smallest absolute Gasteiger partial charge is 0.257 e. The van der Waals surface area contributed by atoms with E-state index in [1.165, 1.54) is 32.4 Å². The number of nitrogens with zero attached hydrogens (tertiary/aromatic N) is 2. The lowest BCUT2D eigenvalue weighted by atomic mass is 10.0. The van der Waals surface area contributed by atoms with Crippen molar-refractivity contribution in [2.75, 3.05) is 46.4 Å². The van der Waals surface area contributed by atoms with Crippen molar-refractivity contribution in [3.8, 4) is 11.5 Å². The number of hydrogen-bond acceptors (Lipinski definition) is 5. The van der Waals surface area contributed by atoms with Crippen molar-refractivity contribution in [2.24, 2.45) is 5.73 Å². The molecule has 0 aromatic heterocycles. The molecule has 1 aromatic carbocycles. The molecule has 2 heterocycles. The van der Waals surface area contributed by atoms with Gasteiger partial charge in [0.1, 0.15) is 0 Å². The number of piperidine rings is 1. The van der Waals surface area contributed by atoms with Gasteiger partial charge in [-0.15, -0.1) is 0 Å². The van der Waals surface area contributed by atoms with Crippen molar-refractivity contribution in [3.63, 3.8) is 0 Å². The molecule has 0 saturated carbocycles. The topological polar surface area (TPSA) is 68.0 Å². The van der Waals surface area contributed by atoms with Gasteiger partial charge in [0.2, 0.25) is 0 Å². The maximum Gasteiger partial charge on any atom is 0.257 e. The fourth-order valence-electron chi connectivity index (χ4n) is 3.56. The van der Waals surface area contributed by atoms with Gasteiger partial charge in [-0.2, -0.15) is 0 Å². The van der Waals surface area contributed by atoms with Gasteiger partial charge in [-0.05, 0) is 51.0 Å². The molecule has 2 fully saturated rings. The molecular weight excluding hydrogens is 318 g/mol. The molecule has 0 aliphatic carbocycles. The molecule has 0 radical (unpaired) electrons. The predicted molar refractivity (Wildman–Crippen MR) is 97.3 cm³/mol. The Labute approximate surface area is 149 Å². The van der Waals surface area contributed by atoms with Crippen molar-refractivity contribution >= 4 is 5.91 Å². The Kier molecular flexibility index (Phi) is 6.15. The summed E-state index contributed by atoms with van der Waals surface area (Å²) < 4.78 is 11.2. The molecule has 138 valence electrons. The average Bonchev–Trinajstić information content (AvgIpc) is 2.61. The van der Waals surface area contributed by atoms with Crippen molar-refractivity contribution in [2.45, 2.75) is 31.7 Å². The molecule has 3 rings (SSSR count). The van der Waals surface area contributed by atoms with Crippen LogP contribution in [0.4, 0.5) is 0 Å². The second kappa shape index (κ2) is 8.54. The van der Waals surface area contributed by atoms with Crippen LogP contribution in [0.1, 0.15) is 36.0 Å². The van der Waals surface area contributed by atoms with Crippen LogP contribution in [0.5, 0.6) is 11.5 Å². The van der Waals surface area contributed by atoms with Gasteiger partial charge in [0.15, 0.2) is 11.5 Å². The Morgan fingerprint density at radius 2 is 2.00 bits per heavy atom. The highest BCUT2D eigenvalue weighted by atomic mass is 16.5. The number of ether oxygens (including phenoxy) is 2. The molecule has 6 heteroatoms. The average molecular weight is 347 g/mol. The number of likely N-dealkylation sites (tertiary alicyclic amines) is 2. The SMILES string of the molecule is COc1cccc(C(=O)N2CC(N3CCCCC3)C2)c1OCCCN. The molecular formula is C19H29N3O3. The second-order valence-corrected chi connectivity index (χ2v) is 6.79. The molecule has 2 saturated heterocycles. The van der Waals surface area contributed by atoms with E-state index in [4.69, 9.17) is 15.2 Å². The van der Waals surface area contributed by atoms with Gasteiger partial charge in [-0.25, -0.2) is 0 Å². The predicted octanol–water partition coefficient (Wildman–Crippen LogP) is 1.73. The lowest BCUT2D eigenvalue weighted by Gasteiger charge is -2.46. The zero-order chi connectivity index (χ0) is 17.6. The number of carbonyl (C=O) groups excluding carboxylic acids is 1. The highest BCUT2D eigenvalue weighted by molar-refractivity contribution is 5.98. The second-order valence-electron chi connectivity index (χ2n) is 6.79. The largest absolute Gasteiger partial charge is 0.493 e. The summed E-state index contributed by atoms with van der Waals surface area (Å²) in [4.78, 5) is 17.4. The number of methoxy groups -OCH3 is 1. The molecule has 1 amide bonds. The quantitative estimate of drug-likeness (QED) is 0.761. The van der Waals surface area contributed by atoms with E-state index >= 15 is 0 Å². The molecule has 1 aromatic rings. The number of benzene rings is 1. The first-order chi connectivity index (χ1) is 12.2. The monoisotopic (exact) mass is 347 g/mol. The lowest BCUT2D eigenvalue weighted by molar-refractivity contribution is 0.0200. The summed E-state index contributed by atoms with van der Waals surface area (Å²) in [6.07, 6.45) is 4.63. The van der Waals surface area contributed by atoms with Crippen LogP contribution in [0, 0.1) is 0 Å². The summed E-state index contributed by atoms with van der Waals surface area (Å²) in [6, 6.07) is 5.98. The molecule has 2 aliphatic heterocycles. The maximum atomic E-state index is 12.9. The highest BCUT2D eigenvalue weighted by Crippen LogP contribution is 2.33. The van der Waals surface area contributed by atoms with Crippen LogP contribution in [-0.4, -0.2) is 68.2 Å². The van der Waals surface area contributed by atoms with Gasteiger partial charge in [-0.1, -0.05) is 12.5 Å². The summed E-state index contributed by atoms with van der Waals surface area (Å²) in [5.74, 6) is 1.15. The van der Waals surface area contributed by atoms with Crippen LogP contribution < -0.4 is 15.2 Å². The zero-order valence-corrected chi connectivity index (χ0v) is 15.1. The molecule has 0 spiro atoms. The van der Waals surface area contributed by atoms with E-state index < -0.39 is 0 Å². The van der Waals surface area contributed by atoms with Crippen molar-refractivity contribution < 1.29 is 14.3 Å². The zero-order valence-electron chi connectivity index (χ0n) is 15.1. The Morgan fingerprint density at radius 1 is 1.24 bits per heavy atom. The normalized spacial score (nSPS) is 18.7. The van der Waals surface area contributed by atoms with E-state index in [0.29, 0.717) is 36.3 Å². The fraction of sp³-hybridized carbons (Fsp3) is 0.632. The van der Waals surface area contributed by atoms with E-state index in [-0.39, 0.29) is 5.91 Å². The number of amides is 1. The minimum atomic E-state index is 0.0231. The highest BCUT2D eigenvalue weighted by Gasteiger charge is 2.36. The molecule has 2 N–H and O–H groups in total. The first-order valence-corrected chi connectivity index (χ1v) is 9.27. The Balaban J connectivity index is 1.65. The summed E-state index contributed by atoms with van der Waals surface area (Å²) in [6.45, 7) is 4.98. The molecule has 25 heavy (non-hydrogen) atoms. The van der Waals surface area contributed by atoms with Gasteiger partial charge in [0.05, 0.1) is 19.3 Å². The number of hydrogen-bond donors (Lipinski definition) is 1. The van der Waals surface area contributed by atoms with Crippen molar-refractivity contribution in [1.82, 2.24) is 9.80 Å². The third kappa shape index (κ3) is 4.07. The van der Waals surface area contributed by atoms with Crippen molar-refractivity contribution in [3.05, 3.63) is 23.8 Å². The molecule has 6 nitrogen and oxygen atoms in total. The summed E-state index contributed by atoms with van der Waals surface area (Å²) in [5.41, 5.74) is 6.11. The van der Waals surface area contributed by atoms with Gasteiger partial charge in [0.25, 0.3) is 5.91 Å². The Bertz CT molecular complexity index is 581. The summed E-state index contributed by atoms with van der Waals surface area (Å²) in [7, 11) is 1.59. The van der Waals surface area contributed by atoms with E-state index in [1.54, 1.807) is 7.11 Å². The summed E-state index contributed by atoms with van der Waals surface area (Å²) in [5, 5.41) is 0. The number of rotatable bonds is 7. The number of para-hydroxylation sites is 1. The molecule has 2 aliphatic rings. The van der Waals surface area contributed by atoms with Crippen LogP contribution in [-0.2, 0) is 0 Å². The first-order valence-electron chi connectivity index (χ1n) is 9.27. The molecule has 0 atom stereocenters. The van der Waals surface area contributed by atoms with Crippen LogP contribution in [0.2, 0.25) is 0 Å². The fourth-order valence-corrected chi connectivity index (χ4v) is 3.56. The van der Waals surface area contributed by atoms with Gasteiger partial charge >= 0.3 is 0 Å². The Morgan fingerprint density at radius 3 is 2.68 bits per heavy atom. The molecule has 0 unspecified atom stereocenters. The number of nitrogens with two attached hydrogens (primary N) is 1. The van der Waals surface area contributed by atoms with Gasteiger partial charge in [0, 0.05) is 19.1 Å².